The van der Waals surface area contributed by atoms with Gasteiger partial charge in [-0.2, -0.15) is 5.10 Å². The second kappa shape index (κ2) is 12.0. The number of benzene rings is 2. The Bertz CT molecular complexity index is 1130. The number of sulfonamides is 1. The fraction of sp³-hybridized carbons (Fsp3) is 0.348. The van der Waals surface area contributed by atoms with Crippen LogP contribution in [0.1, 0.15) is 24.8 Å². The molecule has 2 amide bonds. The van der Waals surface area contributed by atoms with Gasteiger partial charge in [-0.1, -0.05) is 22.0 Å². The van der Waals surface area contributed by atoms with Gasteiger partial charge in [0.25, 0.3) is 11.8 Å². The molecule has 0 aliphatic carbocycles. The topological polar surface area (TPSA) is 108 Å². The molecular formula is C23H27BrN4O5S. The van der Waals surface area contributed by atoms with Gasteiger partial charge < -0.3 is 9.64 Å². The highest BCUT2D eigenvalue weighted by molar-refractivity contribution is 9.10. The SMILES string of the molecule is CS(=O)(=O)N(CC(=O)N/N=C\c1ccc(OCC(=O)N2CCCCC2)cc1)c1cccc(Br)c1. The summed E-state index contributed by atoms with van der Waals surface area (Å²) in [4.78, 5) is 26.3. The van der Waals surface area contributed by atoms with E-state index in [1.54, 1.807) is 48.5 Å². The zero-order chi connectivity index (χ0) is 24.6. The van der Waals surface area contributed by atoms with Crippen LogP contribution in [-0.2, 0) is 19.6 Å². The van der Waals surface area contributed by atoms with E-state index in [1.807, 2.05) is 4.90 Å². The van der Waals surface area contributed by atoms with Crippen LogP contribution in [0.3, 0.4) is 0 Å². The maximum atomic E-state index is 12.3. The first-order chi connectivity index (χ1) is 16.2. The average molecular weight is 551 g/mol. The van der Waals surface area contributed by atoms with Crippen LogP contribution in [0.4, 0.5) is 5.69 Å². The summed E-state index contributed by atoms with van der Waals surface area (Å²) in [6, 6.07) is 13.6. The molecular weight excluding hydrogens is 524 g/mol. The van der Waals surface area contributed by atoms with E-state index in [4.69, 9.17) is 4.74 Å². The van der Waals surface area contributed by atoms with E-state index in [0.29, 0.717) is 21.5 Å². The van der Waals surface area contributed by atoms with E-state index in [1.165, 1.54) is 6.21 Å². The molecule has 1 aliphatic rings. The van der Waals surface area contributed by atoms with Crippen LogP contribution in [0.2, 0.25) is 0 Å². The lowest BCUT2D eigenvalue weighted by molar-refractivity contribution is -0.134. The molecule has 2 aromatic carbocycles. The molecule has 0 spiro atoms. The Morgan fingerprint density at radius 3 is 2.50 bits per heavy atom. The van der Waals surface area contributed by atoms with Gasteiger partial charge in [0.15, 0.2) is 6.61 Å². The molecule has 0 radical (unpaired) electrons. The molecule has 0 saturated carbocycles. The molecule has 9 nitrogen and oxygen atoms in total. The monoisotopic (exact) mass is 550 g/mol. The molecule has 1 N–H and O–H groups in total. The number of hydrazone groups is 1. The van der Waals surface area contributed by atoms with Crippen molar-refractivity contribution in [3.05, 3.63) is 58.6 Å². The highest BCUT2D eigenvalue weighted by Crippen LogP contribution is 2.22. The summed E-state index contributed by atoms with van der Waals surface area (Å²) < 4.78 is 31.6. The number of hydrogen-bond donors (Lipinski definition) is 1. The van der Waals surface area contributed by atoms with Crippen molar-refractivity contribution < 1.29 is 22.7 Å². The highest BCUT2D eigenvalue weighted by atomic mass is 79.9. The largest absolute Gasteiger partial charge is 0.484 e. The quantitative estimate of drug-likeness (QED) is 0.381. The van der Waals surface area contributed by atoms with Crippen molar-refractivity contribution in [3.8, 4) is 5.75 Å². The minimum absolute atomic E-state index is 0.00167. The van der Waals surface area contributed by atoms with Crippen LogP contribution in [0, 0.1) is 0 Å². The molecule has 11 heteroatoms. The third-order valence-corrected chi connectivity index (χ3v) is 6.77. The Balaban J connectivity index is 1.50. The zero-order valence-electron chi connectivity index (χ0n) is 18.8. The molecule has 0 bridgehead atoms. The number of carbonyl (C=O) groups is 2. The molecule has 182 valence electrons. The van der Waals surface area contributed by atoms with Crippen molar-refractivity contribution >= 4 is 49.7 Å². The zero-order valence-corrected chi connectivity index (χ0v) is 21.2. The molecule has 2 aromatic rings. The Kier molecular flexibility index (Phi) is 9.05. The summed E-state index contributed by atoms with van der Waals surface area (Å²) in [6.45, 7) is 1.16. The van der Waals surface area contributed by atoms with E-state index >= 15 is 0 Å². The van der Waals surface area contributed by atoms with E-state index in [2.05, 4.69) is 26.5 Å². The van der Waals surface area contributed by atoms with Crippen LogP contribution < -0.4 is 14.5 Å². The smallest absolute Gasteiger partial charge is 0.260 e. The Morgan fingerprint density at radius 2 is 1.85 bits per heavy atom. The maximum Gasteiger partial charge on any atom is 0.260 e. The third-order valence-electron chi connectivity index (χ3n) is 5.14. The summed E-state index contributed by atoms with van der Waals surface area (Å²) in [7, 11) is -3.67. The van der Waals surface area contributed by atoms with Gasteiger partial charge in [0.05, 0.1) is 18.2 Å². The second-order valence-electron chi connectivity index (χ2n) is 7.84. The first-order valence-electron chi connectivity index (χ1n) is 10.8. The molecule has 0 aromatic heterocycles. The number of carbonyl (C=O) groups excluding carboxylic acids is 2. The Labute approximate surface area is 207 Å². The van der Waals surface area contributed by atoms with Crippen LogP contribution in [0.15, 0.2) is 58.1 Å². The number of halogens is 1. The van der Waals surface area contributed by atoms with E-state index in [0.717, 1.165) is 42.9 Å². The number of amides is 2. The minimum Gasteiger partial charge on any atom is -0.484 e. The van der Waals surface area contributed by atoms with Crippen molar-refractivity contribution in [2.24, 2.45) is 5.10 Å². The molecule has 3 rings (SSSR count). The summed E-state index contributed by atoms with van der Waals surface area (Å²) in [5.41, 5.74) is 3.40. The Morgan fingerprint density at radius 1 is 1.15 bits per heavy atom. The van der Waals surface area contributed by atoms with E-state index < -0.39 is 22.5 Å². The van der Waals surface area contributed by atoms with Crippen LogP contribution in [0.5, 0.6) is 5.75 Å². The van der Waals surface area contributed by atoms with E-state index in [-0.39, 0.29) is 12.5 Å². The number of piperidine rings is 1. The van der Waals surface area contributed by atoms with Gasteiger partial charge in [-0.3, -0.25) is 13.9 Å². The number of likely N-dealkylation sites (tertiary alicyclic amines) is 1. The van der Waals surface area contributed by atoms with Gasteiger partial charge >= 0.3 is 0 Å². The number of ether oxygens (including phenoxy) is 1. The fourth-order valence-corrected chi connectivity index (χ4v) is 4.64. The van der Waals surface area contributed by atoms with Crippen molar-refractivity contribution in [3.63, 3.8) is 0 Å². The maximum absolute atomic E-state index is 12.3. The standard InChI is InChI=1S/C23H27BrN4O5S/c1-34(31,32)28(20-7-5-6-19(24)14-20)16-22(29)26-25-15-18-8-10-21(11-9-18)33-17-23(30)27-12-3-2-4-13-27/h5-11,14-15H,2-4,12-13,16-17H2,1H3,(H,26,29)/b25-15-. The summed E-state index contributed by atoms with van der Waals surface area (Å²) >= 11 is 3.30. The summed E-state index contributed by atoms with van der Waals surface area (Å²) in [6.07, 6.45) is 5.70. The van der Waals surface area contributed by atoms with Gasteiger partial charge in [0, 0.05) is 17.6 Å². The Hall–Kier alpha value is -2.92. The van der Waals surface area contributed by atoms with Crippen LogP contribution >= 0.6 is 15.9 Å². The number of nitrogens with zero attached hydrogens (tertiary/aromatic N) is 3. The molecule has 1 saturated heterocycles. The molecule has 0 atom stereocenters. The lowest BCUT2D eigenvalue weighted by Crippen LogP contribution is -2.39. The fourth-order valence-electron chi connectivity index (χ4n) is 3.41. The number of hydrogen-bond acceptors (Lipinski definition) is 6. The normalized spacial score (nSPS) is 14.1. The van der Waals surface area contributed by atoms with Gasteiger partial charge in [0.2, 0.25) is 10.0 Å². The van der Waals surface area contributed by atoms with Crippen LogP contribution in [-0.4, -0.2) is 63.8 Å². The van der Waals surface area contributed by atoms with Crippen molar-refractivity contribution in [2.45, 2.75) is 19.3 Å². The highest BCUT2D eigenvalue weighted by Gasteiger charge is 2.21. The lowest BCUT2D eigenvalue weighted by Gasteiger charge is -2.26. The van der Waals surface area contributed by atoms with Crippen LogP contribution in [0.25, 0.3) is 0 Å². The average Bonchev–Trinajstić information content (AvgIpc) is 2.81. The second-order valence-corrected chi connectivity index (χ2v) is 10.7. The lowest BCUT2D eigenvalue weighted by atomic mass is 10.1. The van der Waals surface area contributed by atoms with Gasteiger partial charge in [0.1, 0.15) is 12.3 Å². The summed E-state index contributed by atoms with van der Waals surface area (Å²) in [5, 5.41) is 3.90. The molecule has 34 heavy (non-hydrogen) atoms. The minimum atomic E-state index is -3.67. The van der Waals surface area contributed by atoms with Crippen molar-refractivity contribution in [1.82, 2.24) is 10.3 Å². The van der Waals surface area contributed by atoms with Gasteiger partial charge in [-0.05, 0) is 67.3 Å². The summed E-state index contributed by atoms with van der Waals surface area (Å²) in [5.74, 6) is -0.0405. The third kappa shape index (κ3) is 7.84. The molecule has 1 fully saturated rings. The number of rotatable bonds is 9. The molecule has 1 heterocycles. The number of nitrogens with one attached hydrogen (secondary N) is 1. The van der Waals surface area contributed by atoms with Crippen molar-refractivity contribution in [2.75, 3.05) is 36.8 Å². The van der Waals surface area contributed by atoms with Gasteiger partial charge in [-0.15, -0.1) is 0 Å². The predicted molar refractivity (Wildman–Crippen MR) is 134 cm³/mol. The first-order valence-corrected chi connectivity index (χ1v) is 13.4. The molecule has 0 unspecified atom stereocenters. The van der Waals surface area contributed by atoms with E-state index in [9.17, 15) is 18.0 Å². The molecule has 1 aliphatic heterocycles. The number of anilines is 1. The van der Waals surface area contributed by atoms with Crippen molar-refractivity contribution in [1.29, 1.82) is 0 Å². The van der Waals surface area contributed by atoms with Gasteiger partial charge in [-0.25, -0.2) is 13.8 Å². The first kappa shape index (κ1) is 25.7. The predicted octanol–water partition coefficient (Wildman–Crippen LogP) is 2.76.